The third-order valence-electron chi connectivity index (χ3n) is 3.09. The van der Waals surface area contributed by atoms with Crippen LogP contribution in [0.4, 0.5) is 13.6 Å². The lowest BCUT2D eigenvalue weighted by atomic mass is 10.2. The Bertz CT molecular complexity index is 431. The highest BCUT2D eigenvalue weighted by atomic mass is 19.3. The van der Waals surface area contributed by atoms with Crippen LogP contribution in [-0.2, 0) is 4.74 Å². The second kappa shape index (κ2) is 6.12. The van der Waals surface area contributed by atoms with Gasteiger partial charge in [-0.2, -0.15) is 5.26 Å². The number of nitrogens with two attached hydrogens (primary N) is 1. The van der Waals surface area contributed by atoms with Gasteiger partial charge in [0.05, 0.1) is 24.8 Å². The van der Waals surface area contributed by atoms with Gasteiger partial charge in [0, 0.05) is 6.42 Å². The Hall–Kier alpha value is -1.46. The molecule has 1 saturated heterocycles. The van der Waals surface area contributed by atoms with Crippen LogP contribution >= 0.6 is 0 Å². The summed E-state index contributed by atoms with van der Waals surface area (Å²) in [6, 6.07) is 0.224. The van der Waals surface area contributed by atoms with Gasteiger partial charge in [0.15, 0.2) is 0 Å². The zero-order valence-electron chi connectivity index (χ0n) is 12.7. The minimum absolute atomic E-state index is 0.545. The molecule has 0 saturated carbocycles. The Balaban J connectivity index is 2.64. The van der Waals surface area contributed by atoms with Gasteiger partial charge in [-0.15, -0.1) is 0 Å². The van der Waals surface area contributed by atoms with Crippen molar-refractivity contribution in [3.8, 4) is 6.07 Å². The minimum atomic E-state index is -2.94. The average molecular weight is 304 g/mol. The van der Waals surface area contributed by atoms with Gasteiger partial charge >= 0.3 is 6.09 Å². The molecule has 8 heteroatoms. The number of rotatable bonds is 3. The molecule has 6 nitrogen and oxygen atoms in total. The number of halogens is 2. The molecule has 1 amide bonds. The third-order valence-corrected chi connectivity index (χ3v) is 3.09. The molecule has 0 radical (unpaired) electrons. The summed E-state index contributed by atoms with van der Waals surface area (Å²) in [6.07, 6.45) is -2.11. The van der Waals surface area contributed by atoms with Crippen LogP contribution in [0.5, 0.6) is 0 Å². The lowest BCUT2D eigenvalue weighted by Crippen LogP contribution is -2.57. The van der Waals surface area contributed by atoms with E-state index in [1.807, 2.05) is 6.07 Å². The van der Waals surface area contributed by atoms with Gasteiger partial charge < -0.3 is 15.8 Å². The number of alkyl halides is 2. The monoisotopic (exact) mass is 304 g/mol. The summed E-state index contributed by atoms with van der Waals surface area (Å²) in [5, 5.41) is 11.4. The van der Waals surface area contributed by atoms with E-state index in [0.29, 0.717) is 0 Å². The quantitative estimate of drug-likeness (QED) is 0.822. The molecule has 1 fully saturated rings. The topological polar surface area (TPSA) is 91.4 Å². The van der Waals surface area contributed by atoms with Gasteiger partial charge in [0.2, 0.25) is 0 Å². The highest BCUT2D eigenvalue weighted by molar-refractivity contribution is 5.68. The van der Waals surface area contributed by atoms with Gasteiger partial charge in [-0.3, -0.25) is 4.90 Å². The zero-order valence-corrected chi connectivity index (χ0v) is 12.7. The highest BCUT2D eigenvalue weighted by Gasteiger charge is 2.48. The van der Waals surface area contributed by atoms with Crippen LogP contribution in [0, 0.1) is 11.3 Å². The summed E-state index contributed by atoms with van der Waals surface area (Å²) in [7, 11) is 0. The van der Waals surface area contributed by atoms with Crippen LogP contribution < -0.4 is 11.1 Å². The summed E-state index contributed by atoms with van der Waals surface area (Å²) in [5.74, 6) is -2.94. The summed E-state index contributed by atoms with van der Waals surface area (Å²) in [6.45, 7) is 6.13. The second-order valence-corrected chi connectivity index (χ2v) is 6.30. The number of hydrogen-bond acceptors (Lipinski definition) is 5. The number of amides is 1. The number of carbonyl (C=O) groups excluding carboxylic acids is 1. The highest BCUT2D eigenvalue weighted by Crippen LogP contribution is 2.32. The van der Waals surface area contributed by atoms with Crippen molar-refractivity contribution >= 4 is 6.09 Å². The smallest absolute Gasteiger partial charge is 0.407 e. The van der Waals surface area contributed by atoms with E-state index >= 15 is 0 Å². The molecular weight excluding hydrogens is 282 g/mol. The number of nitrogens with zero attached hydrogens (tertiary/aromatic N) is 2. The number of likely N-dealkylation sites (tertiary alicyclic amines) is 1. The van der Waals surface area contributed by atoms with Crippen LogP contribution in [0.25, 0.3) is 0 Å². The summed E-state index contributed by atoms with van der Waals surface area (Å²) < 4.78 is 31.8. The van der Waals surface area contributed by atoms with E-state index in [9.17, 15) is 13.6 Å². The van der Waals surface area contributed by atoms with E-state index in [0.717, 1.165) is 0 Å². The molecule has 0 aromatic rings. The summed E-state index contributed by atoms with van der Waals surface area (Å²) in [4.78, 5) is 12.9. The molecule has 1 rings (SSSR count). The van der Waals surface area contributed by atoms with E-state index in [-0.39, 0.29) is 0 Å². The van der Waals surface area contributed by atoms with Gasteiger partial charge in [0.1, 0.15) is 11.6 Å². The van der Waals surface area contributed by atoms with Crippen LogP contribution in [0.3, 0.4) is 0 Å². The van der Waals surface area contributed by atoms with Crippen LogP contribution in [0.2, 0.25) is 0 Å². The molecule has 3 atom stereocenters. The predicted molar refractivity (Wildman–Crippen MR) is 72.5 cm³/mol. The van der Waals surface area contributed by atoms with E-state index in [1.54, 1.807) is 27.7 Å². The molecule has 0 aliphatic carbocycles. The molecule has 3 N–H and O–H groups in total. The van der Waals surface area contributed by atoms with Crippen molar-refractivity contribution < 1.29 is 18.3 Å². The minimum Gasteiger partial charge on any atom is -0.444 e. The predicted octanol–water partition coefficient (Wildman–Crippen LogP) is 1.42. The SMILES string of the molecule is CC(NC(=O)OC(C)(C)C)[C@@H](N)N1CC(F)(F)C[C@H]1C#N. The number of carbonyl (C=O) groups is 1. The average Bonchev–Trinajstić information content (AvgIpc) is 2.60. The number of hydrogen-bond donors (Lipinski definition) is 2. The van der Waals surface area contributed by atoms with E-state index in [2.05, 4.69) is 5.32 Å². The van der Waals surface area contributed by atoms with Gasteiger partial charge in [-0.25, -0.2) is 13.6 Å². The first-order valence-electron chi connectivity index (χ1n) is 6.73. The van der Waals surface area contributed by atoms with Crippen molar-refractivity contribution in [2.45, 2.75) is 63.9 Å². The van der Waals surface area contributed by atoms with Crippen LogP contribution in [-0.4, -0.2) is 47.3 Å². The molecule has 1 aliphatic heterocycles. The maximum Gasteiger partial charge on any atom is 0.407 e. The molecule has 0 bridgehead atoms. The van der Waals surface area contributed by atoms with Crippen molar-refractivity contribution in [1.29, 1.82) is 5.26 Å². The van der Waals surface area contributed by atoms with Gasteiger partial charge in [0.25, 0.3) is 5.92 Å². The third kappa shape index (κ3) is 5.10. The fourth-order valence-corrected chi connectivity index (χ4v) is 2.14. The maximum atomic E-state index is 13.4. The molecule has 0 spiro atoms. The zero-order chi connectivity index (χ0) is 16.4. The molecule has 0 aromatic heterocycles. The van der Waals surface area contributed by atoms with Crippen molar-refractivity contribution in [2.75, 3.05) is 6.54 Å². The Morgan fingerprint density at radius 3 is 2.62 bits per heavy atom. The van der Waals surface area contributed by atoms with Gasteiger partial charge in [-0.05, 0) is 27.7 Å². The molecule has 21 heavy (non-hydrogen) atoms. The molecule has 1 heterocycles. The molecule has 1 aliphatic rings. The van der Waals surface area contributed by atoms with Crippen molar-refractivity contribution in [3.05, 3.63) is 0 Å². The number of alkyl carbamates (subject to hydrolysis) is 1. The van der Waals surface area contributed by atoms with Crippen molar-refractivity contribution in [1.82, 2.24) is 10.2 Å². The van der Waals surface area contributed by atoms with Gasteiger partial charge in [-0.1, -0.05) is 0 Å². The first-order valence-corrected chi connectivity index (χ1v) is 6.73. The molecule has 1 unspecified atom stereocenters. The lowest BCUT2D eigenvalue weighted by Gasteiger charge is -2.32. The second-order valence-electron chi connectivity index (χ2n) is 6.30. The maximum absolute atomic E-state index is 13.4. The lowest BCUT2D eigenvalue weighted by molar-refractivity contribution is 0.00559. The summed E-state index contributed by atoms with van der Waals surface area (Å²) >= 11 is 0. The number of ether oxygens (including phenoxy) is 1. The van der Waals surface area contributed by atoms with Crippen LogP contribution in [0.1, 0.15) is 34.1 Å². The Morgan fingerprint density at radius 1 is 1.57 bits per heavy atom. The number of nitriles is 1. The normalized spacial score (nSPS) is 25.0. The fraction of sp³-hybridized carbons (Fsp3) is 0.846. The summed E-state index contributed by atoms with van der Waals surface area (Å²) in [5.41, 5.74) is 5.23. The van der Waals surface area contributed by atoms with Crippen LogP contribution in [0.15, 0.2) is 0 Å². The fourth-order valence-electron chi connectivity index (χ4n) is 2.14. The van der Waals surface area contributed by atoms with E-state index in [4.69, 9.17) is 15.7 Å². The van der Waals surface area contributed by atoms with E-state index in [1.165, 1.54) is 4.90 Å². The Kier molecular flexibility index (Phi) is 5.12. The molecular formula is C13H22F2N4O2. The number of nitrogens with one attached hydrogen (secondary N) is 1. The first-order chi connectivity index (χ1) is 9.45. The Labute approximate surface area is 123 Å². The Morgan fingerprint density at radius 2 is 2.14 bits per heavy atom. The van der Waals surface area contributed by atoms with E-state index < -0.39 is 48.8 Å². The van der Waals surface area contributed by atoms with Crippen molar-refractivity contribution in [3.63, 3.8) is 0 Å². The largest absolute Gasteiger partial charge is 0.444 e. The molecule has 0 aromatic carbocycles. The first kappa shape index (κ1) is 17.6. The molecule has 120 valence electrons. The van der Waals surface area contributed by atoms with Crippen molar-refractivity contribution in [2.24, 2.45) is 5.73 Å². The standard InChI is InChI=1S/C13H22F2N4O2/c1-8(18-11(20)21-12(2,3)4)10(17)19-7-13(14,15)5-9(19)6-16/h8-10H,5,7,17H2,1-4H3,(H,18,20)/t8?,9-,10-/m0/s1.